The molecule has 0 amide bonds. The van der Waals surface area contributed by atoms with E-state index in [9.17, 15) is 4.79 Å². The van der Waals surface area contributed by atoms with E-state index in [1.165, 1.54) is 42.6 Å². The van der Waals surface area contributed by atoms with Crippen molar-refractivity contribution in [2.75, 3.05) is 26.2 Å². The molecule has 0 unspecified atom stereocenters. The van der Waals surface area contributed by atoms with Crippen molar-refractivity contribution in [3.63, 3.8) is 0 Å². The lowest BCUT2D eigenvalue weighted by Crippen LogP contribution is -2.25. The highest BCUT2D eigenvalue weighted by Gasteiger charge is 2.12. The zero-order chi connectivity index (χ0) is 16.9. The van der Waals surface area contributed by atoms with Crippen molar-refractivity contribution in [1.29, 1.82) is 0 Å². The van der Waals surface area contributed by atoms with Gasteiger partial charge in [0, 0.05) is 12.1 Å². The van der Waals surface area contributed by atoms with Gasteiger partial charge in [-0.2, -0.15) is 0 Å². The van der Waals surface area contributed by atoms with Crippen LogP contribution < -0.4 is 4.74 Å². The number of rotatable bonds is 6. The molecule has 1 fully saturated rings. The van der Waals surface area contributed by atoms with Crippen molar-refractivity contribution in [2.24, 2.45) is 0 Å². The Hall–Kier alpha value is -2.13. The second-order valence-corrected chi connectivity index (χ2v) is 6.57. The fourth-order valence-corrected chi connectivity index (χ4v) is 3.49. The summed E-state index contributed by atoms with van der Waals surface area (Å²) in [6, 6.07) is 12.1. The van der Waals surface area contributed by atoms with E-state index in [1.807, 2.05) is 18.2 Å². The van der Waals surface area contributed by atoms with Crippen LogP contribution in [0.4, 0.5) is 0 Å². The maximum Gasteiger partial charge on any atom is 0.150 e. The smallest absolute Gasteiger partial charge is 0.150 e. The zero-order valence-electron chi connectivity index (χ0n) is 14.5. The number of aldehydes is 1. The fourth-order valence-electron chi connectivity index (χ4n) is 3.49. The third-order valence-electron chi connectivity index (χ3n) is 4.71. The molecule has 1 aliphatic heterocycles. The van der Waals surface area contributed by atoms with Crippen LogP contribution in [0.1, 0.15) is 34.3 Å². The summed E-state index contributed by atoms with van der Waals surface area (Å²) in [6.07, 6.45) is 3.47. The van der Waals surface area contributed by atoms with Crippen LogP contribution in [0.5, 0.6) is 5.75 Å². The molecule has 2 aromatic rings. The Labute approximate surface area is 144 Å². The fraction of sp³-hybridized carbons (Fsp3) is 0.381. The number of hydrogen-bond donors (Lipinski definition) is 0. The second kappa shape index (κ2) is 7.63. The molecule has 0 spiro atoms. The van der Waals surface area contributed by atoms with Gasteiger partial charge >= 0.3 is 0 Å². The molecule has 0 aliphatic carbocycles. The van der Waals surface area contributed by atoms with Crippen molar-refractivity contribution < 1.29 is 9.53 Å². The highest BCUT2D eigenvalue weighted by molar-refractivity contribution is 5.82. The highest BCUT2D eigenvalue weighted by atomic mass is 16.5. The quantitative estimate of drug-likeness (QED) is 0.744. The van der Waals surface area contributed by atoms with Gasteiger partial charge in [-0.15, -0.1) is 0 Å². The lowest BCUT2D eigenvalue weighted by Gasteiger charge is -2.16. The van der Waals surface area contributed by atoms with E-state index >= 15 is 0 Å². The molecule has 2 aromatic carbocycles. The molecule has 0 bridgehead atoms. The monoisotopic (exact) mass is 323 g/mol. The summed E-state index contributed by atoms with van der Waals surface area (Å²) in [4.78, 5) is 13.8. The SMILES string of the molecule is Cc1cccc(C)c1-c1cc(C=O)cc(OCCN2CCCC2)c1. The van der Waals surface area contributed by atoms with E-state index in [0.29, 0.717) is 12.2 Å². The van der Waals surface area contributed by atoms with Crippen molar-refractivity contribution in [1.82, 2.24) is 4.90 Å². The molecular formula is C21H25NO2. The number of ether oxygens (including phenoxy) is 1. The normalized spacial score (nSPS) is 14.8. The topological polar surface area (TPSA) is 29.5 Å². The molecule has 126 valence electrons. The first-order valence-electron chi connectivity index (χ1n) is 8.69. The minimum Gasteiger partial charge on any atom is -0.492 e. The lowest BCUT2D eigenvalue weighted by atomic mass is 9.94. The maximum absolute atomic E-state index is 11.3. The van der Waals surface area contributed by atoms with Crippen molar-refractivity contribution in [3.8, 4) is 16.9 Å². The third kappa shape index (κ3) is 3.85. The maximum atomic E-state index is 11.3. The van der Waals surface area contributed by atoms with Crippen LogP contribution in [0.3, 0.4) is 0 Å². The number of carbonyl (C=O) groups excluding carboxylic acids is 1. The molecule has 3 heteroatoms. The number of carbonyl (C=O) groups is 1. The summed E-state index contributed by atoms with van der Waals surface area (Å²) in [5, 5.41) is 0. The van der Waals surface area contributed by atoms with Crippen LogP contribution in [0.25, 0.3) is 11.1 Å². The first kappa shape index (κ1) is 16.7. The predicted molar refractivity (Wildman–Crippen MR) is 97.9 cm³/mol. The summed E-state index contributed by atoms with van der Waals surface area (Å²) in [5.74, 6) is 0.774. The molecule has 0 N–H and O–H groups in total. The van der Waals surface area contributed by atoms with Gasteiger partial charge < -0.3 is 4.74 Å². The Morgan fingerprint density at radius 1 is 1.08 bits per heavy atom. The summed E-state index contributed by atoms with van der Waals surface area (Å²) in [6.45, 7) is 8.16. The number of nitrogens with zero attached hydrogens (tertiary/aromatic N) is 1. The van der Waals surface area contributed by atoms with Gasteiger partial charge in [0.15, 0.2) is 0 Å². The number of aryl methyl sites for hydroxylation is 2. The van der Waals surface area contributed by atoms with E-state index in [0.717, 1.165) is 24.1 Å². The summed E-state index contributed by atoms with van der Waals surface area (Å²) >= 11 is 0. The van der Waals surface area contributed by atoms with Gasteiger partial charge in [0.1, 0.15) is 18.6 Å². The first-order chi connectivity index (χ1) is 11.7. The first-order valence-corrected chi connectivity index (χ1v) is 8.69. The molecule has 3 nitrogen and oxygen atoms in total. The molecule has 3 rings (SSSR count). The number of hydrogen-bond acceptors (Lipinski definition) is 3. The number of benzene rings is 2. The van der Waals surface area contributed by atoms with E-state index < -0.39 is 0 Å². The second-order valence-electron chi connectivity index (χ2n) is 6.57. The van der Waals surface area contributed by atoms with Crippen LogP contribution in [0, 0.1) is 13.8 Å². The summed E-state index contributed by atoms with van der Waals surface area (Å²) in [7, 11) is 0. The number of likely N-dealkylation sites (tertiary alicyclic amines) is 1. The average Bonchev–Trinajstić information content (AvgIpc) is 3.08. The molecule has 1 saturated heterocycles. The highest BCUT2D eigenvalue weighted by Crippen LogP contribution is 2.31. The Bertz CT molecular complexity index is 698. The standard InChI is InChI=1S/C21H25NO2/c1-16-6-5-7-17(2)21(16)19-12-18(15-23)13-20(14-19)24-11-10-22-8-3-4-9-22/h5-7,12-15H,3-4,8-11H2,1-2H3. The Morgan fingerprint density at radius 3 is 2.46 bits per heavy atom. The van der Waals surface area contributed by atoms with Gasteiger partial charge in [0.25, 0.3) is 0 Å². The van der Waals surface area contributed by atoms with Gasteiger partial charge in [-0.05, 0) is 80.2 Å². The lowest BCUT2D eigenvalue weighted by molar-refractivity contribution is 0.112. The Balaban J connectivity index is 1.81. The van der Waals surface area contributed by atoms with Crippen LogP contribution in [-0.4, -0.2) is 37.4 Å². The van der Waals surface area contributed by atoms with E-state index in [4.69, 9.17) is 4.74 Å². The molecule has 0 atom stereocenters. The Morgan fingerprint density at radius 2 is 1.79 bits per heavy atom. The van der Waals surface area contributed by atoms with Crippen molar-refractivity contribution in [2.45, 2.75) is 26.7 Å². The van der Waals surface area contributed by atoms with Crippen LogP contribution in [-0.2, 0) is 0 Å². The van der Waals surface area contributed by atoms with E-state index in [1.54, 1.807) is 0 Å². The minimum absolute atomic E-state index is 0.659. The molecule has 0 aromatic heterocycles. The van der Waals surface area contributed by atoms with Crippen LogP contribution >= 0.6 is 0 Å². The van der Waals surface area contributed by atoms with E-state index in [2.05, 4.69) is 36.9 Å². The third-order valence-corrected chi connectivity index (χ3v) is 4.71. The average molecular weight is 323 g/mol. The molecule has 0 radical (unpaired) electrons. The Kier molecular flexibility index (Phi) is 5.31. The molecule has 24 heavy (non-hydrogen) atoms. The van der Waals surface area contributed by atoms with E-state index in [-0.39, 0.29) is 0 Å². The van der Waals surface area contributed by atoms with Gasteiger partial charge in [0.2, 0.25) is 0 Å². The predicted octanol–water partition coefficient (Wildman–Crippen LogP) is 4.26. The van der Waals surface area contributed by atoms with Crippen molar-refractivity contribution >= 4 is 6.29 Å². The van der Waals surface area contributed by atoms with Crippen LogP contribution in [0.2, 0.25) is 0 Å². The van der Waals surface area contributed by atoms with Gasteiger partial charge in [-0.3, -0.25) is 9.69 Å². The molecule has 0 saturated carbocycles. The minimum atomic E-state index is 0.659. The zero-order valence-corrected chi connectivity index (χ0v) is 14.5. The van der Waals surface area contributed by atoms with Crippen molar-refractivity contribution in [3.05, 3.63) is 53.1 Å². The van der Waals surface area contributed by atoms with Gasteiger partial charge in [0.05, 0.1) is 0 Å². The largest absolute Gasteiger partial charge is 0.492 e. The summed E-state index contributed by atoms with van der Waals surface area (Å²) in [5.41, 5.74) is 5.31. The summed E-state index contributed by atoms with van der Waals surface area (Å²) < 4.78 is 5.95. The molecule has 1 aliphatic rings. The molecule has 1 heterocycles. The molecular weight excluding hydrogens is 298 g/mol. The van der Waals surface area contributed by atoms with Gasteiger partial charge in [-0.1, -0.05) is 18.2 Å². The van der Waals surface area contributed by atoms with Crippen LogP contribution in [0.15, 0.2) is 36.4 Å². The van der Waals surface area contributed by atoms with Gasteiger partial charge in [-0.25, -0.2) is 0 Å².